The minimum absolute atomic E-state index is 0. The Hall–Kier alpha value is -2.50. The molecule has 0 bridgehead atoms. The molecule has 0 spiro atoms. The van der Waals surface area contributed by atoms with E-state index in [4.69, 9.17) is 14.6 Å². The smallest absolute Gasteiger partial charge is 0.304 e. The van der Waals surface area contributed by atoms with Crippen LogP contribution in [0.1, 0.15) is 30.4 Å². The van der Waals surface area contributed by atoms with Crippen LogP contribution in [0.15, 0.2) is 54.6 Å². The number of hydrogen-bond donors (Lipinski definition) is 2. The van der Waals surface area contributed by atoms with E-state index < -0.39 is 5.97 Å². The fraction of sp³-hybridized carbons (Fsp3) is 0.348. The highest BCUT2D eigenvalue weighted by Gasteiger charge is 2.03. The van der Waals surface area contributed by atoms with Gasteiger partial charge in [-0.1, -0.05) is 42.5 Å². The summed E-state index contributed by atoms with van der Waals surface area (Å²) >= 11 is 0. The lowest BCUT2D eigenvalue weighted by Gasteiger charge is -2.10. The zero-order valence-electron chi connectivity index (χ0n) is 16.8. The van der Waals surface area contributed by atoms with Crippen molar-refractivity contribution in [3.05, 3.63) is 65.7 Å². The number of carbonyl (C=O) groups is 1. The summed E-state index contributed by atoms with van der Waals surface area (Å²) in [4.78, 5) is 10.5. The summed E-state index contributed by atoms with van der Waals surface area (Å²) in [5.74, 6) is 0.755. The standard InChI is InChI=1S/C23H29NO4.ClH/c1-27-22-18-21(28-17-6-5-10-19-8-3-2-4-9-19)13-12-20(22)11-7-15-24-16-14-23(25)26;/h2-4,7-9,11-13,18,24H,5-6,10,14-17H2,1H3,(H,25,26);1H. The molecule has 0 fully saturated rings. The second-order valence-electron chi connectivity index (χ2n) is 6.45. The second kappa shape index (κ2) is 14.5. The van der Waals surface area contributed by atoms with E-state index in [1.54, 1.807) is 7.11 Å². The number of carboxylic acid groups (broad SMARTS) is 1. The van der Waals surface area contributed by atoms with Gasteiger partial charge in [-0.15, -0.1) is 12.4 Å². The Kier molecular flexibility index (Phi) is 12.3. The number of carboxylic acids is 1. The van der Waals surface area contributed by atoms with Crippen molar-refractivity contribution in [2.24, 2.45) is 0 Å². The average molecular weight is 420 g/mol. The van der Waals surface area contributed by atoms with Gasteiger partial charge in [0, 0.05) is 24.7 Å². The molecule has 0 aliphatic rings. The lowest BCUT2D eigenvalue weighted by Crippen LogP contribution is -2.17. The Morgan fingerprint density at radius 1 is 1.14 bits per heavy atom. The van der Waals surface area contributed by atoms with Gasteiger partial charge in [0.15, 0.2) is 0 Å². The Morgan fingerprint density at radius 2 is 1.93 bits per heavy atom. The molecule has 6 heteroatoms. The highest BCUT2D eigenvalue weighted by molar-refractivity contribution is 5.85. The second-order valence-corrected chi connectivity index (χ2v) is 6.45. The number of ether oxygens (including phenoxy) is 2. The van der Waals surface area contributed by atoms with Gasteiger partial charge in [0.05, 0.1) is 20.1 Å². The number of halogens is 1. The summed E-state index contributed by atoms with van der Waals surface area (Å²) in [6, 6.07) is 16.3. The van der Waals surface area contributed by atoms with Crippen LogP contribution in [0.3, 0.4) is 0 Å². The van der Waals surface area contributed by atoms with Gasteiger partial charge in [-0.2, -0.15) is 0 Å². The van der Waals surface area contributed by atoms with Crippen LogP contribution in [0, 0.1) is 0 Å². The fourth-order valence-corrected chi connectivity index (χ4v) is 2.75. The van der Waals surface area contributed by atoms with E-state index in [2.05, 4.69) is 29.6 Å². The quantitative estimate of drug-likeness (QED) is 0.464. The van der Waals surface area contributed by atoms with E-state index in [-0.39, 0.29) is 18.8 Å². The molecule has 0 aromatic heterocycles. The fourth-order valence-electron chi connectivity index (χ4n) is 2.75. The molecule has 0 heterocycles. The predicted octanol–water partition coefficient (Wildman–Crippen LogP) is 4.60. The zero-order valence-corrected chi connectivity index (χ0v) is 17.6. The summed E-state index contributed by atoms with van der Waals surface area (Å²) in [5, 5.41) is 11.7. The average Bonchev–Trinajstić information content (AvgIpc) is 2.71. The molecule has 29 heavy (non-hydrogen) atoms. The molecule has 0 radical (unpaired) electrons. The Labute approximate surface area is 179 Å². The van der Waals surface area contributed by atoms with Gasteiger partial charge in [0.2, 0.25) is 0 Å². The van der Waals surface area contributed by atoms with Gasteiger partial charge in [-0.05, 0) is 37.0 Å². The lowest BCUT2D eigenvalue weighted by molar-refractivity contribution is -0.136. The summed E-state index contributed by atoms with van der Waals surface area (Å²) in [6.45, 7) is 1.74. The number of methoxy groups -OCH3 is 1. The number of nitrogens with one attached hydrogen (secondary N) is 1. The molecule has 0 amide bonds. The molecule has 2 aromatic carbocycles. The maximum Gasteiger partial charge on any atom is 0.304 e. The van der Waals surface area contributed by atoms with Crippen molar-refractivity contribution in [2.75, 3.05) is 26.8 Å². The molecule has 2 rings (SSSR count). The van der Waals surface area contributed by atoms with Crippen LogP contribution in [0.25, 0.3) is 6.08 Å². The van der Waals surface area contributed by atoms with Gasteiger partial charge >= 0.3 is 5.97 Å². The zero-order chi connectivity index (χ0) is 20.0. The van der Waals surface area contributed by atoms with E-state index in [1.165, 1.54) is 5.56 Å². The molecule has 0 atom stereocenters. The van der Waals surface area contributed by atoms with Gasteiger partial charge in [0.1, 0.15) is 11.5 Å². The van der Waals surface area contributed by atoms with Gasteiger partial charge in [-0.3, -0.25) is 4.79 Å². The Bertz CT molecular complexity index is 750. The number of benzene rings is 2. The van der Waals surface area contributed by atoms with Gasteiger partial charge in [0.25, 0.3) is 0 Å². The molecule has 2 N–H and O–H groups in total. The third-order valence-corrected chi connectivity index (χ3v) is 4.25. The maximum atomic E-state index is 10.5. The van der Waals surface area contributed by atoms with Gasteiger partial charge < -0.3 is 19.9 Å². The minimum atomic E-state index is -0.797. The van der Waals surface area contributed by atoms with Crippen molar-refractivity contribution >= 4 is 24.5 Å². The van der Waals surface area contributed by atoms with Crippen LogP contribution in [0.4, 0.5) is 0 Å². The van der Waals surface area contributed by atoms with E-state index in [9.17, 15) is 4.79 Å². The predicted molar refractivity (Wildman–Crippen MR) is 119 cm³/mol. The van der Waals surface area contributed by atoms with Crippen molar-refractivity contribution in [3.63, 3.8) is 0 Å². The Morgan fingerprint density at radius 3 is 2.66 bits per heavy atom. The molecular weight excluding hydrogens is 390 g/mol. The summed E-state index contributed by atoms with van der Waals surface area (Å²) < 4.78 is 11.3. The molecule has 2 aromatic rings. The lowest BCUT2D eigenvalue weighted by atomic mass is 10.1. The van der Waals surface area contributed by atoms with Crippen LogP contribution < -0.4 is 14.8 Å². The minimum Gasteiger partial charge on any atom is -0.496 e. The van der Waals surface area contributed by atoms with Crippen molar-refractivity contribution in [1.29, 1.82) is 0 Å². The van der Waals surface area contributed by atoms with Crippen LogP contribution in [-0.2, 0) is 11.2 Å². The molecule has 0 aliphatic carbocycles. The van der Waals surface area contributed by atoms with Crippen LogP contribution in [0.5, 0.6) is 11.5 Å². The van der Waals surface area contributed by atoms with E-state index in [0.717, 1.165) is 36.3 Å². The summed E-state index contributed by atoms with van der Waals surface area (Å²) in [5.41, 5.74) is 2.32. The van der Waals surface area contributed by atoms with Crippen LogP contribution >= 0.6 is 12.4 Å². The molecule has 158 valence electrons. The number of hydrogen-bond acceptors (Lipinski definition) is 4. The normalized spacial score (nSPS) is 10.5. The number of aliphatic carboxylic acids is 1. The summed E-state index contributed by atoms with van der Waals surface area (Å²) in [6.07, 6.45) is 7.18. The van der Waals surface area contributed by atoms with E-state index in [0.29, 0.717) is 19.7 Å². The molecule has 0 unspecified atom stereocenters. The first-order valence-electron chi connectivity index (χ1n) is 9.63. The van der Waals surface area contributed by atoms with Crippen molar-refractivity contribution in [1.82, 2.24) is 5.32 Å². The summed E-state index contributed by atoms with van der Waals surface area (Å²) in [7, 11) is 1.64. The Balaban J connectivity index is 0.00000420. The topological polar surface area (TPSA) is 67.8 Å². The highest BCUT2D eigenvalue weighted by Crippen LogP contribution is 2.26. The first-order valence-corrected chi connectivity index (χ1v) is 9.63. The van der Waals surface area contributed by atoms with Crippen molar-refractivity contribution in [3.8, 4) is 11.5 Å². The van der Waals surface area contributed by atoms with E-state index >= 15 is 0 Å². The first kappa shape index (κ1) is 24.5. The van der Waals surface area contributed by atoms with E-state index in [1.807, 2.05) is 36.4 Å². The number of unbranched alkanes of at least 4 members (excludes halogenated alkanes) is 1. The number of aryl methyl sites for hydroxylation is 1. The van der Waals surface area contributed by atoms with Crippen molar-refractivity contribution < 1.29 is 19.4 Å². The number of rotatable bonds is 13. The third-order valence-electron chi connectivity index (χ3n) is 4.25. The van der Waals surface area contributed by atoms with Crippen LogP contribution in [-0.4, -0.2) is 37.9 Å². The SMILES string of the molecule is COc1cc(OCCCCc2ccccc2)ccc1C=CCNCCC(=O)O.Cl. The first-order chi connectivity index (χ1) is 13.7. The molecule has 0 saturated carbocycles. The van der Waals surface area contributed by atoms with Crippen LogP contribution in [0.2, 0.25) is 0 Å². The van der Waals surface area contributed by atoms with Crippen molar-refractivity contribution in [2.45, 2.75) is 25.7 Å². The maximum absolute atomic E-state index is 10.5. The largest absolute Gasteiger partial charge is 0.496 e. The highest BCUT2D eigenvalue weighted by atomic mass is 35.5. The third kappa shape index (κ3) is 10.0. The molecular formula is C23H30ClNO4. The molecule has 0 saturated heterocycles. The van der Waals surface area contributed by atoms with Gasteiger partial charge in [-0.25, -0.2) is 0 Å². The molecule has 0 aliphatic heterocycles. The molecule has 5 nitrogen and oxygen atoms in total. The monoisotopic (exact) mass is 419 g/mol.